The molecule has 1 aliphatic rings. The number of rotatable bonds is 1. The number of nitrogens with zero attached hydrogens (tertiary/aromatic N) is 3. The van der Waals surface area contributed by atoms with E-state index in [9.17, 15) is 4.79 Å². The van der Waals surface area contributed by atoms with Gasteiger partial charge in [0.2, 0.25) is 5.91 Å². The van der Waals surface area contributed by atoms with Gasteiger partial charge in [0.25, 0.3) is 0 Å². The normalized spacial score (nSPS) is 26.4. The van der Waals surface area contributed by atoms with Crippen molar-refractivity contribution >= 4 is 5.91 Å². The van der Waals surface area contributed by atoms with Crippen LogP contribution in [-0.2, 0) is 11.8 Å². The van der Waals surface area contributed by atoms with Crippen molar-refractivity contribution in [3.05, 3.63) is 17.5 Å². The molecule has 0 aliphatic carbocycles. The number of likely N-dealkylation sites (N-methyl/N-ethyl adjacent to an activating group) is 1. The number of nitrogens with two attached hydrogens (primary N) is 1. The van der Waals surface area contributed by atoms with Crippen LogP contribution >= 0.6 is 0 Å². The summed E-state index contributed by atoms with van der Waals surface area (Å²) >= 11 is 0. The van der Waals surface area contributed by atoms with Gasteiger partial charge in [0.05, 0.1) is 11.7 Å². The van der Waals surface area contributed by atoms with Crippen molar-refractivity contribution in [3.63, 3.8) is 0 Å². The molecule has 0 aromatic carbocycles. The van der Waals surface area contributed by atoms with Gasteiger partial charge in [-0.15, -0.1) is 0 Å². The van der Waals surface area contributed by atoms with Crippen molar-refractivity contribution in [2.75, 3.05) is 7.05 Å². The van der Waals surface area contributed by atoms with E-state index in [1.54, 1.807) is 16.6 Å². The minimum atomic E-state index is -0.120. The molecule has 0 bridgehead atoms. The third-order valence-corrected chi connectivity index (χ3v) is 3.00. The summed E-state index contributed by atoms with van der Waals surface area (Å²) in [6.45, 7) is 1.94. The molecule has 15 heavy (non-hydrogen) atoms. The van der Waals surface area contributed by atoms with Crippen LogP contribution in [0.4, 0.5) is 0 Å². The van der Waals surface area contributed by atoms with Crippen molar-refractivity contribution in [3.8, 4) is 0 Å². The second-order valence-electron chi connectivity index (χ2n) is 4.16. The van der Waals surface area contributed by atoms with Crippen LogP contribution in [-0.4, -0.2) is 33.7 Å². The molecule has 2 atom stereocenters. The molecular weight excluding hydrogens is 192 g/mol. The predicted octanol–water partition coefficient (Wildman–Crippen LogP) is -0.0410. The maximum atomic E-state index is 11.5. The Labute approximate surface area is 88.8 Å². The molecule has 2 N–H and O–H groups in total. The Morgan fingerprint density at radius 3 is 2.60 bits per heavy atom. The average Bonchev–Trinajstić information content (AvgIpc) is 2.56. The number of amides is 1. The Morgan fingerprint density at radius 2 is 2.20 bits per heavy atom. The fraction of sp³-hybridized carbons (Fsp3) is 0.600. The first-order chi connectivity index (χ1) is 7.00. The Hall–Kier alpha value is -1.36. The highest BCUT2D eigenvalue weighted by Crippen LogP contribution is 2.31. The lowest BCUT2D eigenvalue weighted by atomic mass is 10.0. The lowest BCUT2D eigenvalue weighted by Gasteiger charge is -2.22. The van der Waals surface area contributed by atoms with E-state index >= 15 is 0 Å². The molecule has 1 amide bonds. The number of hydrogen-bond acceptors (Lipinski definition) is 3. The third-order valence-electron chi connectivity index (χ3n) is 3.00. The lowest BCUT2D eigenvalue weighted by molar-refractivity contribution is -0.127. The van der Waals surface area contributed by atoms with Gasteiger partial charge in [0.15, 0.2) is 0 Å². The van der Waals surface area contributed by atoms with Crippen LogP contribution in [0.15, 0.2) is 6.20 Å². The van der Waals surface area contributed by atoms with Crippen LogP contribution in [0, 0.1) is 6.92 Å². The zero-order chi connectivity index (χ0) is 11.2. The van der Waals surface area contributed by atoms with Crippen LogP contribution in [0.5, 0.6) is 0 Å². The molecule has 2 heterocycles. The summed E-state index contributed by atoms with van der Waals surface area (Å²) in [5.74, 6) is 0.107. The average molecular weight is 208 g/mol. The van der Waals surface area contributed by atoms with Crippen LogP contribution in [0.1, 0.15) is 23.7 Å². The molecule has 1 aromatic rings. The van der Waals surface area contributed by atoms with E-state index < -0.39 is 0 Å². The molecule has 1 saturated heterocycles. The van der Waals surface area contributed by atoms with Gasteiger partial charge in [-0.1, -0.05) is 0 Å². The fourth-order valence-corrected chi connectivity index (χ4v) is 2.25. The Kier molecular flexibility index (Phi) is 2.26. The molecule has 1 aromatic heterocycles. The molecule has 0 spiro atoms. The summed E-state index contributed by atoms with van der Waals surface area (Å²) in [6.07, 6.45) is 2.37. The minimum Gasteiger partial charge on any atom is -0.337 e. The van der Waals surface area contributed by atoms with Crippen LogP contribution < -0.4 is 5.73 Å². The summed E-state index contributed by atoms with van der Waals surface area (Å²) in [5, 5.41) is 4.27. The molecule has 0 unspecified atom stereocenters. The summed E-state index contributed by atoms with van der Waals surface area (Å²) in [7, 11) is 3.67. The number of carbonyl (C=O) groups is 1. The predicted molar refractivity (Wildman–Crippen MR) is 56.0 cm³/mol. The Morgan fingerprint density at radius 1 is 1.53 bits per heavy atom. The zero-order valence-corrected chi connectivity index (χ0v) is 9.27. The highest BCUT2D eigenvalue weighted by molar-refractivity contribution is 5.80. The number of carbonyl (C=O) groups excluding carboxylic acids is 1. The molecule has 0 saturated carbocycles. The van der Waals surface area contributed by atoms with Crippen molar-refractivity contribution < 1.29 is 4.79 Å². The number of aryl methyl sites for hydroxylation is 2. The first kappa shape index (κ1) is 10.2. The van der Waals surface area contributed by atoms with Gasteiger partial charge in [-0.25, -0.2) is 0 Å². The highest BCUT2D eigenvalue weighted by atomic mass is 16.2. The summed E-state index contributed by atoms with van der Waals surface area (Å²) in [5.41, 5.74) is 7.97. The van der Waals surface area contributed by atoms with E-state index in [4.69, 9.17) is 5.73 Å². The monoisotopic (exact) mass is 208 g/mol. The zero-order valence-electron chi connectivity index (χ0n) is 9.27. The van der Waals surface area contributed by atoms with Gasteiger partial charge in [-0.3, -0.25) is 9.48 Å². The van der Waals surface area contributed by atoms with E-state index in [0.29, 0.717) is 6.42 Å². The largest absolute Gasteiger partial charge is 0.337 e. The second kappa shape index (κ2) is 3.34. The van der Waals surface area contributed by atoms with Crippen molar-refractivity contribution in [2.24, 2.45) is 12.8 Å². The fourth-order valence-electron chi connectivity index (χ4n) is 2.25. The molecule has 5 heteroatoms. The van der Waals surface area contributed by atoms with Crippen LogP contribution in [0.25, 0.3) is 0 Å². The van der Waals surface area contributed by atoms with Gasteiger partial charge >= 0.3 is 0 Å². The minimum absolute atomic E-state index is 0.0220. The first-order valence-corrected chi connectivity index (χ1v) is 5.02. The van der Waals surface area contributed by atoms with Crippen molar-refractivity contribution in [2.45, 2.75) is 25.4 Å². The Balaban J connectivity index is 2.38. The van der Waals surface area contributed by atoms with E-state index in [2.05, 4.69) is 5.10 Å². The van der Waals surface area contributed by atoms with Gasteiger partial charge in [-0.05, 0) is 6.92 Å². The van der Waals surface area contributed by atoms with E-state index in [-0.39, 0.29) is 18.0 Å². The number of aromatic nitrogens is 2. The van der Waals surface area contributed by atoms with E-state index in [1.807, 2.05) is 20.2 Å². The smallest absolute Gasteiger partial charge is 0.224 e. The molecule has 5 nitrogen and oxygen atoms in total. The molecule has 1 fully saturated rings. The number of likely N-dealkylation sites (tertiary alicyclic amines) is 1. The quantitative estimate of drug-likeness (QED) is 0.704. The van der Waals surface area contributed by atoms with Gasteiger partial charge in [0, 0.05) is 38.3 Å². The maximum Gasteiger partial charge on any atom is 0.224 e. The van der Waals surface area contributed by atoms with Crippen LogP contribution in [0.3, 0.4) is 0 Å². The third kappa shape index (κ3) is 1.52. The van der Waals surface area contributed by atoms with Crippen molar-refractivity contribution in [1.82, 2.24) is 14.7 Å². The lowest BCUT2D eigenvalue weighted by Crippen LogP contribution is -2.30. The molecule has 2 rings (SSSR count). The molecule has 0 radical (unpaired) electrons. The standard InChI is InChI=1S/C10H16N4O/c1-6-7(5-13(2)12-6)10-8(11)4-9(15)14(10)3/h5,8,10H,4,11H2,1-3H3/t8-,10+/m0/s1. The molecule has 1 aliphatic heterocycles. The van der Waals surface area contributed by atoms with Gasteiger partial charge in [0.1, 0.15) is 0 Å². The summed E-state index contributed by atoms with van der Waals surface area (Å²) < 4.78 is 1.76. The summed E-state index contributed by atoms with van der Waals surface area (Å²) in [4.78, 5) is 13.2. The second-order valence-corrected chi connectivity index (χ2v) is 4.16. The first-order valence-electron chi connectivity index (χ1n) is 5.02. The topological polar surface area (TPSA) is 64.2 Å². The van der Waals surface area contributed by atoms with Crippen LogP contribution in [0.2, 0.25) is 0 Å². The maximum absolute atomic E-state index is 11.5. The van der Waals surface area contributed by atoms with Crippen molar-refractivity contribution in [1.29, 1.82) is 0 Å². The highest BCUT2D eigenvalue weighted by Gasteiger charge is 2.37. The summed E-state index contributed by atoms with van der Waals surface area (Å²) in [6, 6.07) is -0.142. The van der Waals surface area contributed by atoms with Gasteiger partial charge in [-0.2, -0.15) is 5.10 Å². The SMILES string of the molecule is Cc1nn(C)cc1[C@@H]1[C@@H](N)CC(=O)N1C. The van der Waals surface area contributed by atoms with E-state index in [1.165, 1.54) is 0 Å². The number of hydrogen-bond donors (Lipinski definition) is 1. The Bertz CT molecular complexity index is 398. The van der Waals surface area contributed by atoms with Gasteiger partial charge < -0.3 is 10.6 Å². The molecule has 82 valence electrons. The molecular formula is C10H16N4O. The van der Waals surface area contributed by atoms with E-state index in [0.717, 1.165) is 11.3 Å².